The van der Waals surface area contributed by atoms with Crippen molar-refractivity contribution in [3.8, 4) is 0 Å². The summed E-state index contributed by atoms with van der Waals surface area (Å²) in [5.41, 5.74) is 2.32. The normalized spacial score (nSPS) is 12.7. The van der Waals surface area contributed by atoms with E-state index in [2.05, 4.69) is 10.3 Å². The number of nitrogens with zero attached hydrogens (tertiary/aromatic N) is 2. The van der Waals surface area contributed by atoms with E-state index < -0.39 is 0 Å². The van der Waals surface area contributed by atoms with Gasteiger partial charge in [0.1, 0.15) is 5.82 Å². The number of carbonyl (C=O) groups excluding carboxylic acids is 2. The third-order valence-electron chi connectivity index (χ3n) is 4.65. The molecule has 4 rings (SSSR count). The molecule has 1 aliphatic heterocycles. The van der Waals surface area contributed by atoms with E-state index in [0.29, 0.717) is 23.5 Å². The molecule has 1 N–H and O–H groups in total. The van der Waals surface area contributed by atoms with E-state index in [1.807, 2.05) is 12.1 Å². The topological polar surface area (TPSA) is 62.3 Å². The van der Waals surface area contributed by atoms with Crippen molar-refractivity contribution in [2.24, 2.45) is 0 Å². The van der Waals surface area contributed by atoms with Crippen LogP contribution in [0.4, 0.5) is 10.1 Å². The Balaban J connectivity index is 1.42. The first kappa shape index (κ1) is 18.3. The number of rotatable bonds is 5. The molecule has 0 saturated heterocycles. The zero-order chi connectivity index (χ0) is 19.5. The van der Waals surface area contributed by atoms with Crippen molar-refractivity contribution in [1.29, 1.82) is 0 Å². The zero-order valence-electron chi connectivity index (χ0n) is 15.0. The number of aromatic nitrogens is 1. The molecule has 28 heavy (non-hydrogen) atoms. The number of halogens is 1. The lowest BCUT2D eigenvalue weighted by molar-refractivity contribution is 0.0955. The van der Waals surface area contributed by atoms with Crippen LogP contribution in [-0.4, -0.2) is 29.9 Å². The number of fused-ring (bicyclic) bond motifs is 1. The van der Waals surface area contributed by atoms with E-state index >= 15 is 0 Å². The number of hydrogen-bond donors (Lipinski definition) is 1. The Bertz CT molecular complexity index is 1000. The molecule has 0 unspecified atom stereocenters. The highest BCUT2D eigenvalue weighted by atomic mass is 32.1. The Hall–Kier alpha value is -3.06. The summed E-state index contributed by atoms with van der Waals surface area (Å²) in [6.45, 7) is 1.10. The van der Waals surface area contributed by atoms with Crippen LogP contribution in [-0.2, 0) is 12.8 Å². The Morgan fingerprint density at radius 2 is 1.89 bits per heavy atom. The van der Waals surface area contributed by atoms with E-state index in [1.165, 1.54) is 35.6 Å². The number of nitrogens with one attached hydrogen (secondary N) is 1. The van der Waals surface area contributed by atoms with Crippen molar-refractivity contribution in [2.45, 2.75) is 12.8 Å². The van der Waals surface area contributed by atoms with Gasteiger partial charge in [0, 0.05) is 42.3 Å². The van der Waals surface area contributed by atoms with Gasteiger partial charge in [0.05, 0.1) is 10.6 Å². The van der Waals surface area contributed by atoms with Crippen LogP contribution in [0.3, 0.4) is 0 Å². The maximum atomic E-state index is 13.1. The van der Waals surface area contributed by atoms with Crippen LogP contribution in [0.2, 0.25) is 0 Å². The molecule has 0 saturated carbocycles. The van der Waals surface area contributed by atoms with Gasteiger partial charge in [-0.15, -0.1) is 11.3 Å². The average molecular weight is 395 g/mol. The average Bonchev–Trinajstić information content (AvgIpc) is 3.30. The summed E-state index contributed by atoms with van der Waals surface area (Å²) in [7, 11) is 0. The van der Waals surface area contributed by atoms with Crippen molar-refractivity contribution >= 4 is 28.8 Å². The molecule has 2 amide bonds. The fraction of sp³-hybridized carbons (Fsp3) is 0.190. The van der Waals surface area contributed by atoms with Gasteiger partial charge in [0.2, 0.25) is 0 Å². The van der Waals surface area contributed by atoms with Gasteiger partial charge in [-0.2, -0.15) is 0 Å². The van der Waals surface area contributed by atoms with Gasteiger partial charge in [-0.05, 0) is 54.4 Å². The molecule has 0 aliphatic carbocycles. The van der Waals surface area contributed by atoms with Gasteiger partial charge >= 0.3 is 0 Å². The van der Waals surface area contributed by atoms with Gasteiger partial charge < -0.3 is 10.2 Å². The largest absolute Gasteiger partial charge is 0.351 e. The first-order valence-electron chi connectivity index (χ1n) is 8.99. The molecule has 3 heterocycles. The molecule has 7 heteroatoms. The number of pyridine rings is 1. The Kier molecular flexibility index (Phi) is 5.16. The van der Waals surface area contributed by atoms with E-state index in [0.717, 1.165) is 29.0 Å². The second-order valence-electron chi connectivity index (χ2n) is 6.49. The third kappa shape index (κ3) is 3.80. The Morgan fingerprint density at radius 1 is 1.14 bits per heavy atom. The highest BCUT2D eigenvalue weighted by molar-refractivity contribution is 7.14. The van der Waals surface area contributed by atoms with Crippen LogP contribution in [0.25, 0.3) is 0 Å². The third-order valence-corrected chi connectivity index (χ3v) is 5.83. The van der Waals surface area contributed by atoms with Crippen LogP contribution >= 0.6 is 11.3 Å². The quantitative estimate of drug-likeness (QED) is 0.720. The van der Waals surface area contributed by atoms with E-state index in [-0.39, 0.29) is 17.6 Å². The van der Waals surface area contributed by atoms with E-state index in [1.54, 1.807) is 23.4 Å². The molecule has 5 nitrogen and oxygen atoms in total. The van der Waals surface area contributed by atoms with Gasteiger partial charge in [-0.25, -0.2) is 4.39 Å². The molecule has 0 atom stereocenters. The van der Waals surface area contributed by atoms with Crippen molar-refractivity contribution in [3.05, 3.63) is 81.6 Å². The monoisotopic (exact) mass is 395 g/mol. The van der Waals surface area contributed by atoms with Crippen molar-refractivity contribution < 1.29 is 14.0 Å². The number of carbonyl (C=O) groups is 2. The lowest BCUT2D eigenvalue weighted by Gasteiger charge is -2.16. The van der Waals surface area contributed by atoms with Crippen molar-refractivity contribution in [2.75, 3.05) is 18.0 Å². The predicted octanol–water partition coefficient (Wildman–Crippen LogP) is 3.46. The van der Waals surface area contributed by atoms with Crippen LogP contribution in [0.5, 0.6) is 0 Å². The number of anilines is 1. The summed E-state index contributed by atoms with van der Waals surface area (Å²) >= 11 is 1.42. The van der Waals surface area contributed by atoms with E-state index in [4.69, 9.17) is 0 Å². The number of hydrogen-bond acceptors (Lipinski definition) is 4. The summed E-state index contributed by atoms with van der Waals surface area (Å²) in [6.07, 6.45) is 4.91. The minimum Gasteiger partial charge on any atom is -0.351 e. The van der Waals surface area contributed by atoms with Gasteiger partial charge in [0.25, 0.3) is 11.8 Å². The Morgan fingerprint density at radius 3 is 2.64 bits per heavy atom. The second-order valence-corrected chi connectivity index (χ2v) is 7.63. The minimum absolute atomic E-state index is 0.136. The number of benzene rings is 1. The van der Waals surface area contributed by atoms with Gasteiger partial charge in [0.15, 0.2) is 0 Å². The molecule has 2 aromatic heterocycles. The highest BCUT2D eigenvalue weighted by Crippen LogP contribution is 2.36. The molecule has 142 valence electrons. The Labute approximate surface area is 165 Å². The van der Waals surface area contributed by atoms with Crippen molar-refractivity contribution in [1.82, 2.24) is 10.3 Å². The molecular formula is C21H18FN3O2S. The van der Waals surface area contributed by atoms with Crippen LogP contribution in [0, 0.1) is 5.82 Å². The minimum atomic E-state index is -0.375. The summed E-state index contributed by atoms with van der Waals surface area (Å²) in [5, 5.41) is 2.92. The standard InChI is InChI=1S/C21H18FN3O2S/c22-16-3-1-15(2-4-16)21(27)25-12-8-18-17(25)13-19(28-18)20(26)24-11-7-14-5-9-23-10-6-14/h1-6,9-10,13H,7-8,11-12H2,(H,24,26). The van der Waals surface area contributed by atoms with Gasteiger partial charge in [-0.3, -0.25) is 14.6 Å². The molecule has 3 aromatic rings. The molecule has 0 spiro atoms. The highest BCUT2D eigenvalue weighted by Gasteiger charge is 2.29. The number of amides is 2. The summed E-state index contributed by atoms with van der Waals surface area (Å²) in [6, 6.07) is 11.1. The second kappa shape index (κ2) is 7.90. The lowest BCUT2D eigenvalue weighted by atomic mass is 10.2. The SMILES string of the molecule is O=C(NCCc1ccncc1)c1cc2c(s1)CCN2C(=O)c1ccc(F)cc1. The van der Waals surface area contributed by atoms with Crippen molar-refractivity contribution in [3.63, 3.8) is 0 Å². The fourth-order valence-electron chi connectivity index (χ4n) is 3.19. The predicted molar refractivity (Wildman–Crippen MR) is 106 cm³/mol. The fourth-order valence-corrected chi connectivity index (χ4v) is 4.26. The van der Waals surface area contributed by atoms with Crippen LogP contribution < -0.4 is 10.2 Å². The molecule has 1 aromatic carbocycles. The maximum Gasteiger partial charge on any atom is 0.261 e. The van der Waals surface area contributed by atoms with Crippen LogP contribution in [0.1, 0.15) is 30.5 Å². The molecule has 0 radical (unpaired) electrons. The first-order chi connectivity index (χ1) is 13.6. The first-order valence-corrected chi connectivity index (χ1v) is 9.81. The van der Waals surface area contributed by atoms with E-state index in [9.17, 15) is 14.0 Å². The summed E-state index contributed by atoms with van der Waals surface area (Å²) in [4.78, 5) is 32.4. The molecule has 1 aliphatic rings. The lowest BCUT2D eigenvalue weighted by Crippen LogP contribution is -2.29. The van der Waals surface area contributed by atoms with Crippen LogP contribution in [0.15, 0.2) is 54.9 Å². The summed E-state index contributed by atoms with van der Waals surface area (Å²) in [5.74, 6) is -0.691. The zero-order valence-corrected chi connectivity index (χ0v) is 15.8. The number of thiophene rings is 1. The smallest absolute Gasteiger partial charge is 0.261 e. The molecule has 0 bridgehead atoms. The van der Waals surface area contributed by atoms with Gasteiger partial charge in [-0.1, -0.05) is 0 Å². The molecular weight excluding hydrogens is 377 g/mol. The molecule has 0 fully saturated rings. The summed E-state index contributed by atoms with van der Waals surface area (Å²) < 4.78 is 13.1. The maximum absolute atomic E-state index is 13.1.